The first-order valence-corrected chi connectivity index (χ1v) is 9.19. The van der Waals surface area contributed by atoms with E-state index in [4.69, 9.17) is 5.73 Å². The van der Waals surface area contributed by atoms with E-state index in [-0.39, 0.29) is 11.9 Å². The van der Waals surface area contributed by atoms with Crippen LogP contribution in [0.3, 0.4) is 0 Å². The highest BCUT2D eigenvalue weighted by Gasteiger charge is 2.23. The van der Waals surface area contributed by atoms with E-state index in [1.54, 1.807) is 6.20 Å². The Hall–Kier alpha value is -2.51. The Balaban J connectivity index is 1.52. The fraction of sp³-hybridized carbons (Fsp3) is 0.278. The van der Waals surface area contributed by atoms with Crippen LogP contribution in [0.1, 0.15) is 23.3 Å². The summed E-state index contributed by atoms with van der Waals surface area (Å²) in [4.78, 5) is 19.0. The lowest BCUT2D eigenvalue weighted by molar-refractivity contribution is 0.0709. The molecule has 7 heteroatoms. The molecule has 2 aromatic heterocycles. The molecular formula is C18H19N5OS. The number of amides is 1. The maximum absolute atomic E-state index is 12.6. The van der Waals surface area contributed by atoms with Crippen LogP contribution in [-0.2, 0) is 0 Å². The summed E-state index contributed by atoms with van der Waals surface area (Å²) in [5.74, 6) is -0.00940. The average molecular weight is 353 g/mol. The van der Waals surface area contributed by atoms with Crippen LogP contribution in [0.25, 0.3) is 16.3 Å². The number of carbonyl (C=O) groups is 1. The largest absolute Gasteiger partial charge is 0.337 e. The molecule has 1 saturated heterocycles. The second-order valence-electron chi connectivity index (χ2n) is 6.18. The average Bonchev–Trinajstić information content (AvgIpc) is 3.32. The molecule has 128 valence electrons. The van der Waals surface area contributed by atoms with Crippen LogP contribution in [-0.4, -0.2) is 44.7 Å². The lowest BCUT2D eigenvalue weighted by Crippen LogP contribution is -2.42. The number of para-hydroxylation sites is 1. The Morgan fingerprint density at radius 2 is 1.96 bits per heavy atom. The highest BCUT2D eigenvalue weighted by atomic mass is 32.1. The summed E-state index contributed by atoms with van der Waals surface area (Å²) >= 11 is 1.47. The summed E-state index contributed by atoms with van der Waals surface area (Å²) in [6.45, 7) is 1.41. The van der Waals surface area contributed by atoms with Crippen molar-refractivity contribution in [2.75, 3.05) is 13.1 Å². The van der Waals surface area contributed by atoms with Crippen molar-refractivity contribution < 1.29 is 4.79 Å². The van der Waals surface area contributed by atoms with E-state index in [0.29, 0.717) is 18.8 Å². The minimum absolute atomic E-state index is 0.00940. The van der Waals surface area contributed by atoms with E-state index in [9.17, 15) is 4.79 Å². The number of hydrogen-bond donors (Lipinski definition) is 1. The van der Waals surface area contributed by atoms with Crippen LogP contribution in [0.4, 0.5) is 0 Å². The molecule has 2 N–H and O–H groups in total. The van der Waals surface area contributed by atoms with Gasteiger partial charge in [0.1, 0.15) is 10.7 Å². The van der Waals surface area contributed by atoms with E-state index >= 15 is 0 Å². The predicted octanol–water partition coefficient (Wildman–Crippen LogP) is 2.56. The molecule has 0 unspecified atom stereocenters. The van der Waals surface area contributed by atoms with Gasteiger partial charge in [0.15, 0.2) is 0 Å². The molecule has 25 heavy (non-hydrogen) atoms. The van der Waals surface area contributed by atoms with Crippen molar-refractivity contribution in [2.45, 2.75) is 18.9 Å². The van der Waals surface area contributed by atoms with E-state index in [0.717, 1.165) is 29.1 Å². The third-order valence-corrected chi connectivity index (χ3v) is 5.29. The lowest BCUT2D eigenvalue weighted by Gasteiger charge is -2.29. The minimum atomic E-state index is -0.00940. The highest BCUT2D eigenvalue weighted by Crippen LogP contribution is 2.25. The molecule has 0 saturated carbocycles. The number of nitrogens with zero attached hydrogens (tertiary/aromatic N) is 4. The summed E-state index contributed by atoms with van der Waals surface area (Å²) in [6.07, 6.45) is 5.42. The third-order valence-electron chi connectivity index (χ3n) is 4.40. The number of piperidine rings is 1. The first-order chi connectivity index (χ1) is 12.2. The van der Waals surface area contributed by atoms with Crippen LogP contribution in [0.5, 0.6) is 0 Å². The molecule has 3 aromatic rings. The SMILES string of the molecule is NC1CCN(C(=O)c2csc(-c3cnn(-c4ccccc4)c3)n2)CC1. The predicted molar refractivity (Wildman–Crippen MR) is 97.8 cm³/mol. The summed E-state index contributed by atoms with van der Waals surface area (Å²) in [7, 11) is 0. The second-order valence-corrected chi connectivity index (χ2v) is 7.03. The van der Waals surface area contributed by atoms with Gasteiger partial charge in [-0.05, 0) is 25.0 Å². The zero-order valence-electron chi connectivity index (χ0n) is 13.7. The van der Waals surface area contributed by atoms with Gasteiger partial charge in [-0.25, -0.2) is 9.67 Å². The third kappa shape index (κ3) is 3.33. The van der Waals surface area contributed by atoms with Gasteiger partial charge in [0.2, 0.25) is 0 Å². The van der Waals surface area contributed by atoms with Crippen molar-refractivity contribution in [1.29, 1.82) is 0 Å². The first kappa shape index (κ1) is 16.0. The van der Waals surface area contributed by atoms with Gasteiger partial charge in [-0.2, -0.15) is 5.10 Å². The fourth-order valence-corrected chi connectivity index (χ4v) is 3.69. The summed E-state index contributed by atoms with van der Waals surface area (Å²) in [5.41, 5.74) is 8.31. The quantitative estimate of drug-likeness (QED) is 0.785. The summed E-state index contributed by atoms with van der Waals surface area (Å²) < 4.78 is 1.81. The fourth-order valence-electron chi connectivity index (χ4n) is 2.92. The topological polar surface area (TPSA) is 77.0 Å². The second kappa shape index (κ2) is 6.78. The molecule has 1 fully saturated rings. The Morgan fingerprint density at radius 1 is 1.20 bits per heavy atom. The maximum atomic E-state index is 12.6. The summed E-state index contributed by atoms with van der Waals surface area (Å²) in [6, 6.07) is 10.1. The Kier molecular flexibility index (Phi) is 4.33. The van der Waals surface area contributed by atoms with Gasteiger partial charge in [-0.15, -0.1) is 11.3 Å². The smallest absolute Gasteiger partial charge is 0.273 e. The van der Waals surface area contributed by atoms with Gasteiger partial charge in [0.25, 0.3) is 5.91 Å². The van der Waals surface area contributed by atoms with Crippen LogP contribution >= 0.6 is 11.3 Å². The van der Waals surface area contributed by atoms with Gasteiger partial charge in [0.05, 0.1) is 11.9 Å². The van der Waals surface area contributed by atoms with E-state index in [1.165, 1.54) is 11.3 Å². The van der Waals surface area contributed by atoms with Gasteiger partial charge >= 0.3 is 0 Å². The summed E-state index contributed by atoms with van der Waals surface area (Å²) in [5, 5.41) is 7.02. The number of likely N-dealkylation sites (tertiary alicyclic amines) is 1. The van der Waals surface area contributed by atoms with Crippen LogP contribution in [0, 0.1) is 0 Å². The van der Waals surface area contributed by atoms with Crippen molar-refractivity contribution in [3.8, 4) is 16.3 Å². The van der Waals surface area contributed by atoms with Crippen molar-refractivity contribution >= 4 is 17.2 Å². The maximum Gasteiger partial charge on any atom is 0.273 e. The van der Waals surface area contributed by atoms with Gasteiger partial charge in [-0.3, -0.25) is 4.79 Å². The first-order valence-electron chi connectivity index (χ1n) is 8.31. The molecular weight excluding hydrogens is 334 g/mol. The number of thiazole rings is 1. The monoisotopic (exact) mass is 353 g/mol. The molecule has 1 amide bonds. The van der Waals surface area contributed by atoms with Crippen LogP contribution in [0.2, 0.25) is 0 Å². The van der Waals surface area contributed by atoms with Crippen molar-refractivity contribution in [3.05, 3.63) is 53.8 Å². The van der Waals surface area contributed by atoms with Gasteiger partial charge < -0.3 is 10.6 Å². The number of benzene rings is 1. The number of hydrogen-bond acceptors (Lipinski definition) is 5. The molecule has 0 atom stereocenters. The van der Waals surface area contributed by atoms with E-state index < -0.39 is 0 Å². The molecule has 1 aromatic carbocycles. The Labute approximate surface area is 149 Å². The van der Waals surface area contributed by atoms with Gasteiger partial charge in [-0.1, -0.05) is 18.2 Å². The molecule has 1 aliphatic rings. The zero-order chi connectivity index (χ0) is 17.2. The van der Waals surface area contributed by atoms with E-state index in [2.05, 4.69) is 10.1 Å². The molecule has 0 spiro atoms. The van der Waals surface area contributed by atoms with Gasteiger partial charge in [0, 0.05) is 36.3 Å². The molecule has 6 nitrogen and oxygen atoms in total. The molecule has 0 radical (unpaired) electrons. The van der Waals surface area contributed by atoms with Crippen LogP contribution < -0.4 is 5.73 Å². The highest BCUT2D eigenvalue weighted by molar-refractivity contribution is 7.13. The molecule has 0 aliphatic carbocycles. The number of aromatic nitrogens is 3. The number of carbonyl (C=O) groups excluding carboxylic acids is 1. The molecule has 1 aliphatic heterocycles. The minimum Gasteiger partial charge on any atom is -0.337 e. The van der Waals surface area contributed by atoms with Crippen molar-refractivity contribution in [2.24, 2.45) is 5.73 Å². The standard InChI is InChI=1S/C18H19N5OS/c19-14-6-8-22(9-7-14)18(24)16-12-25-17(21-16)13-10-20-23(11-13)15-4-2-1-3-5-15/h1-5,10-12,14H,6-9,19H2. The normalized spacial score (nSPS) is 15.5. The molecule has 3 heterocycles. The van der Waals surface area contributed by atoms with Crippen molar-refractivity contribution in [3.63, 3.8) is 0 Å². The van der Waals surface area contributed by atoms with E-state index in [1.807, 2.05) is 51.5 Å². The van der Waals surface area contributed by atoms with Crippen molar-refractivity contribution in [1.82, 2.24) is 19.7 Å². The van der Waals surface area contributed by atoms with Crippen LogP contribution in [0.15, 0.2) is 48.1 Å². The molecule has 0 bridgehead atoms. The Morgan fingerprint density at radius 3 is 2.72 bits per heavy atom. The number of rotatable bonds is 3. The number of nitrogens with two attached hydrogens (primary N) is 1. The lowest BCUT2D eigenvalue weighted by atomic mass is 10.1. The zero-order valence-corrected chi connectivity index (χ0v) is 14.5. The Bertz CT molecular complexity index is 864. The molecule has 4 rings (SSSR count).